The number of halogens is 2. The van der Waals surface area contributed by atoms with Crippen molar-refractivity contribution in [3.8, 4) is 0 Å². The van der Waals surface area contributed by atoms with Gasteiger partial charge in [0, 0.05) is 16.6 Å². The lowest BCUT2D eigenvalue weighted by atomic mass is 9.85. The highest BCUT2D eigenvalue weighted by molar-refractivity contribution is 9.10. The number of rotatable bonds is 4. The van der Waals surface area contributed by atoms with Crippen LogP contribution in [-0.2, 0) is 6.42 Å². The van der Waals surface area contributed by atoms with Gasteiger partial charge in [-0.2, -0.15) is 0 Å². The Hall–Kier alpha value is -0.410. The molecule has 18 heavy (non-hydrogen) atoms. The van der Waals surface area contributed by atoms with Crippen LogP contribution in [0.2, 0.25) is 0 Å². The number of hydrogen-bond acceptors (Lipinski definition) is 1. The predicted octanol–water partition coefficient (Wildman–Crippen LogP) is 4.55. The van der Waals surface area contributed by atoms with Crippen molar-refractivity contribution in [3.63, 3.8) is 0 Å². The highest BCUT2D eigenvalue weighted by Gasteiger charge is 2.22. The lowest BCUT2D eigenvalue weighted by Gasteiger charge is -2.31. The molecule has 0 aliphatic heterocycles. The lowest BCUT2D eigenvalue weighted by molar-refractivity contribution is 0.288. The summed E-state index contributed by atoms with van der Waals surface area (Å²) in [5, 5.41) is 3.52. The summed E-state index contributed by atoms with van der Waals surface area (Å²) in [4.78, 5) is 0. The number of nitrogens with one attached hydrogen (secondary N) is 1. The summed E-state index contributed by atoms with van der Waals surface area (Å²) >= 11 is 3.43. The molecule has 0 spiro atoms. The Morgan fingerprint density at radius 2 is 1.78 bits per heavy atom. The molecular weight excluding hydrogens is 293 g/mol. The van der Waals surface area contributed by atoms with Crippen LogP contribution in [0.25, 0.3) is 0 Å². The summed E-state index contributed by atoms with van der Waals surface area (Å²) in [5.74, 6) is -0.198. The monoisotopic (exact) mass is 315 g/mol. The molecule has 0 saturated heterocycles. The maximum atomic E-state index is 13.0. The van der Waals surface area contributed by atoms with Gasteiger partial charge in [0.05, 0.1) is 0 Å². The van der Waals surface area contributed by atoms with Crippen LogP contribution in [0, 0.1) is 11.2 Å². The van der Waals surface area contributed by atoms with Crippen molar-refractivity contribution in [2.75, 3.05) is 6.54 Å². The first-order valence-corrected chi connectivity index (χ1v) is 7.07. The van der Waals surface area contributed by atoms with E-state index in [-0.39, 0.29) is 16.8 Å². The zero-order chi connectivity index (χ0) is 14.0. The predicted molar refractivity (Wildman–Crippen MR) is 79.3 cm³/mol. The average molecular weight is 316 g/mol. The molecular formula is C15H23BrFN. The van der Waals surface area contributed by atoms with Crippen LogP contribution in [0.15, 0.2) is 22.7 Å². The van der Waals surface area contributed by atoms with E-state index in [1.54, 1.807) is 0 Å². The van der Waals surface area contributed by atoms with E-state index in [0.717, 1.165) is 23.0 Å². The Bertz CT molecular complexity index is 407. The zero-order valence-corrected chi connectivity index (χ0v) is 13.5. The maximum absolute atomic E-state index is 13.0. The second-order valence-electron chi connectivity index (χ2n) is 6.68. The molecule has 0 heterocycles. The molecule has 0 amide bonds. The number of benzene rings is 1. The van der Waals surface area contributed by atoms with Gasteiger partial charge in [-0.1, -0.05) is 35.8 Å². The first-order chi connectivity index (χ1) is 8.09. The molecule has 1 nitrogen and oxygen atoms in total. The molecule has 0 saturated carbocycles. The van der Waals surface area contributed by atoms with Gasteiger partial charge in [-0.15, -0.1) is 0 Å². The third kappa shape index (κ3) is 5.49. The molecule has 1 N–H and O–H groups in total. The van der Waals surface area contributed by atoms with Gasteiger partial charge in [0.25, 0.3) is 0 Å². The van der Waals surface area contributed by atoms with Crippen LogP contribution in [0.1, 0.15) is 40.2 Å². The fraction of sp³-hybridized carbons (Fsp3) is 0.600. The van der Waals surface area contributed by atoms with Crippen molar-refractivity contribution in [1.82, 2.24) is 5.32 Å². The highest BCUT2D eigenvalue weighted by atomic mass is 79.9. The van der Waals surface area contributed by atoms with Gasteiger partial charge in [0.2, 0.25) is 0 Å². The van der Waals surface area contributed by atoms with Crippen LogP contribution in [0.5, 0.6) is 0 Å². The summed E-state index contributed by atoms with van der Waals surface area (Å²) in [6, 6.07) is 4.91. The molecule has 1 rings (SSSR count). The van der Waals surface area contributed by atoms with Crippen LogP contribution in [0.4, 0.5) is 4.39 Å². The van der Waals surface area contributed by atoms with Gasteiger partial charge in [-0.25, -0.2) is 4.39 Å². The van der Waals surface area contributed by atoms with E-state index < -0.39 is 0 Å². The van der Waals surface area contributed by atoms with Crippen LogP contribution >= 0.6 is 15.9 Å². The minimum absolute atomic E-state index is 0.122. The number of hydrogen-bond donors (Lipinski definition) is 1. The van der Waals surface area contributed by atoms with Crippen molar-refractivity contribution < 1.29 is 4.39 Å². The zero-order valence-electron chi connectivity index (χ0n) is 11.9. The molecule has 1 aromatic rings. The Morgan fingerprint density at radius 1 is 1.17 bits per heavy atom. The fourth-order valence-corrected chi connectivity index (χ4v) is 2.24. The first kappa shape index (κ1) is 15.6. The minimum atomic E-state index is -0.198. The van der Waals surface area contributed by atoms with Crippen molar-refractivity contribution in [2.45, 2.75) is 46.6 Å². The van der Waals surface area contributed by atoms with E-state index in [0.29, 0.717) is 0 Å². The highest BCUT2D eigenvalue weighted by Crippen LogP contribution is 2.27. The second-order valence-corrected chi connectivity index (χ2v) is 7.53. The van der Waals surface area contributed by atoms with Gasteiger partial charge in [0.1, 0.15) is 5.82 Å². The first-order valence-electron chi connectivity index (χ1n) is 6.28. The van der Waals surface area contributed by atoms with Crippen molar-refractivity contribution in [1.29, 1.82) is 0 Å². The van der Waals surface area contributed by atoms with E-state index >= 15 is 0 Å². The minimum Gasteiger partial charge on any atom is -0.312 e. The Kier molecular flexibility index (Phi) is 4.96. The van der Waals surface area contributed by atoms with Crippen molar-refractivity contribution >= 4 is 15.9 Å². The molecule has 0 unspecified atom stereocenters. The standard InChI is InChI=1S/C15H23BrFN/c1-14(2,3)18-10-15(4,5)9-11-6-7-12(17)8-13(11)16/h6-8,18H,9-10H2,1-5H3. The van der Waals surface area contributed by atoms with E-state index in [2.05, 4.69) is 55.9 Å². The quantitative estimate of drug-likeness (QED) is 0.859. The van der Waals surface area contributed by atoms with Crippen LogP contribution in [-0.4, -0.2) is 12.1 Å². The largest absolute Gasteiger partial charge is 0.312 e. The van der Waals surface area contributed by atoms with Crippen molar-refractivity contribution in [3.05, 3.63) is 34.1 Å². The van der Waals surface area contributed by atoms with Gasteiger partial charge in [-0.3, -0.25) is 0 Å². The van der Waals surface area contributed by atoms with Gasteiger partial charge in [-0.05, 0) is 50.3 Å². The average Bonchev–Trinajstić information content (AvgIpc) is 2.19. The molecule has 0 aliphatic carbocycles. The maximum Gasteiger partial charge on any atom is 0.124 e. The normalized spacial score (nSPS) is 12.8. The molecule has 102 valence electrons. The molecule has 0 aromatic heterocycles. The summed E-state index contributed by atoms with van der Waals surface area (Å²) in [6.45, 7) is 11.9. The Balaban J connectivity index is 2.70. The Morgan fingerprint density at radius 3 is 2.28 bits per heavy atom. The van der Waals surface area contributed by atoms with Gasteiger partial charge >= 0.3 is 0 Å². The van der Waals surface area contributed by atoms with E-state index in [1.165, 1.54) is 12.1 Å². The SMILES string of the molecule is CC(C)(CNC(C)(C)C)Cc1ccc(F)cc1Br. The molecule has 3 heteroatoms. The van der Waals surface area contributed by atoms with E-state index in [9.17, 15) is 4.39 Å². The molecule has 0 fully saturated rings. The summed E-state index contributed by atoms with van der Waals surface area (Å²) < 4.78 is 13.9. The smallest absolute Gasteiger partial charge is 0.124 e. The fourth-order valence-electron chi connectivity index (χ4n) is 1.75. The molecule has 0 radical (unpaired) electrons. The lowest BCUT2D eigenvalue weighted by Crippen LogP contribution is -2.42. The van der Waals surface area contributed by atoms with E-state index in [4.69, 9.17) is 0 Å². The Labute approximate surface area is 118 Å². The summed E-state index contributed by atoms with van der Waals surface area (Å²) in [7, 11) is 0. The van der Waals surface area contributed by atoms with Gasteiger partial charge in [0.15, 0.2) is 0 Å². The molecule has 0 atom stereocenters. The third-order valence-electron chi connectivity index (χ3n) is 2.78. The van der Waals surface area contributed by atoms with Crippen molar-refractivity contribution in [2.24, 2.45) is 5.41 Å². The van der Waals surface area contributed by atoms with E-state index in [1.807, 2.05) is 6.07 Å². The van der Waals surface area contributed by atoms with Crippen LogP contribution < -0.4 is 5.32 Å². The second kappa shape index (κ2) is 5.70. The summed E-state index contributed by atoms with van der Waals surface area (Å²) in [5.41, 5.74) is 1.40. The molecule has 1 aromatic carbocycles. The van der Waals surface area contributed by atoms with Gasteiger partial charge < -0.3 is 5.32 Å². The third-order valence-corrected chi connectivity index (χ3v) is 3.52. The topological polar surface area (TPSA) is 12.0 Å². The molecule has 0 bridgehead atoms. The summed E-state index contributed by atoms with van der Waals surface area (Å²) in [6.07, 6.45) is 0.914. The molecule has 0 aliphatic rings. The van der Waals surface area contributed by atoms with Crippen LogP contribution in [0.3, 0.4) is 0 Å².